The first-order valence-corrected chi connectivity index (χ1v) is 7.92. The second-order valence-electron chi connectivity index (χ2n) is 4.93. The number of hydrogen-bond donors (Lipinski definition) is 2. The molecule has 0 heterocycles. The monoisotopic (exact) mass is 356 g/mol. The van der Waals surface area contributed by atoms with Crippen molar-refractivity contribution < 1.29 is 23.9 Å². The molecule has 132 valence electrons. The summed E-state index contributed by atoms with van der Waals surface area (Å²) < 4.78 is 10.3. The zero-order valence-corrected chi connectivity index (χ0v) is 14.4. The van der Waals surface area contributed by atoms with Crippen LogP contribution in [0.2, 0.25) is 5.02 Å². The van der Waals surface area contributed by atoms with Gasteiger partial charge in [0.05, 0.1) is 6.61 Å². The number of imide groups is 1. The molecule has 0 aromatic heterocycles. The third-order valence-corrected chi connectivity index (χ3v) is 3.30. The molecule has 1 aromatic rings. The number of nitrogens with one attached hydrogen (secondary N) is 2. The standard InChI is InChI=1S/C16H21ClN2O5/c1-3-18-16(22)19-14(20)10-24-15(21)5-4-8-23-12-6-7-13(17)11(2)9-12/h6-7,9H,3-5,8,10H2,1-2H3,(H2,18,19,20,22). The van der Waals surface area contributed by atoms with Crippen molar-refractivity contribution in [3.8, 4) is 5.75 Å². The zero-order valence-electron chi connectivity index (χ0n) is 13.7. The minimum atomic E-state index is -0.679. The van der Waals surface area contributed by atoms with E-state index in [9.17, 15) is 14.4 Å². The van der Waals surface area contributed by atoms with E-state index in [2.05, 4.69) is 5.32 Å². The summed E-state index contributed by atoms with van der Waals surface area (Å²) in [6.07, 6.45) is 0.555. The van der Waals surface area contributed by atoms with Crippen LogP contribution in [0.5, 0.6) is 5.75 Å². The van der Waals surface area contributed by atoms with Crippen molar-refractivity contribution in [2.45, 2.75) is 26.7 Å². The van der Waals surface area contributed by atoms with Crippen LogP contribution in [0, 0.1) is 6.92 Å². The molecule has 3 amide bonds. The number of halogens is 1. The Bertz CT molecular complexity index is 592. The molecule has 0 aliphatic rings. The van der Waals surface area contributed by atoms with Crippen LogP contribution in [0.15, 0.2) is 18.2 Å². The maximum Gasteiger partial charge on any atom is 0.321 e. The van der Waals surface area contributed by atoms with Gasteiger partial charge in [0.1, 0.15) is 5.75 Å². The molecule has 2 N–H and O–H groups in total. The van der Waals surface area contributed by atoms with Crippen LogP contribution in [0.4, 0.5) is 4.79 Å². The molecule has 1 rings (SSSR count). The van der Waals surface area contributed by atoms with Crippen molar-refractivity contribution in [3.63, 3.8) is 0 Å². The lowest BCUT2D eigenvalue weighted by Gasteiger charge is -2.08. The Morgan fingerprint density at radius 1 is 1.25 bits per heavy atom. The number of carbonyl (C=O) groups is 3. The van der Waals surface area contributed by atoms with Crippen molar-refractivity contribution >= 4 is 29.5 Å². The average Bonchev–Trinajstić information content (AvgIpc) is 2.53. The van der Waals surface area contributed by atoms with Crippen LogP contribution >= 0.6 is 11.6 Å². The maximum absolute atomic E-state index is 11.5. The SMILES string of the molecule is CCNC(=O)NC(=O)COC(=O)CCCOc1ccc(Cl)c(C)c1. The Morgan fingerprint density at radius 2 is 2.00 bits per heavy atom. The van der Waals surface area contributed by atoms with Crippen molar-refractivity contribution in [2.75, 3.05) is 19.8 Å². The van der Waals surface area contributed by atoms with E-state index in [1.165, 1.54) is 0 Å². The summed E-state index contributed by atoms with van der Waals surface area (Å²) in [5.74, 6) is -0.536. The van der Waals surface area contributed by atoms with Gasteiger partial charge < -0.3 is 14.8 Å². The second kappa shape index (κ2) is 10.5. The molecule has 0 fully saturated rings. The lowest BCUT2D eigenvalue weighted by atomic mass is 10.2. The molecule has 0 aliphatic heterocycles. The van der Waals surface area contributed by atoms with Gasteiger partial charge in [-0.1, -0.05) is 11.6 Å². The molecule has 7 nitrogen and oxygen atoms in total. The predicted octanol–water partition coefficient (Wildman–Crippen LogP) is 2.20. The lowest BCUT2D eigenvalue weighted by Crippen LogP contribution is -2.41. The second-order valence-corrected chi connectivity index (χ2v) is 5.34. The Kier molecular flexibility index (Phi) is 8.64. The molecule has 8 heteroatoms. The fraction of sp³-hybridized carbons (Fsp3) is 0.438. The van der Waals surface area contributed by atoms with Gasteiger partial charge in [-0.05, 0) is 44.0 Å². The number of esters is 1. The van der Waals surface area contributed by atoms with Crippen molar-refractivity contribution in [2.24, 2.45) is 0 Å². The molecule has 1 aromatic carbocycles. The van der Waals surface area contributed by atoms with Crippen LogP contribution < -0.4 is 15.4 Å². The first kappa shape index (κ1) is 19.8. The van der Waals surface area contributed by atoms with Crippen LogP contribution in [-0.4, -0.2) is 37.7 Å². The number of carbonyl (C=O) groups excluding carboxylic acids is 3. The Labute approximate surface area is 145 Å². The summed E-state index contributed by atoms with van der Waals surface area (Å²) in [4.78, 5) is 33.9. The lowest BCUT2D eigenvalue weighted by molar-refractivity contribution is -0.148. The summed E-state index contributed by atoms with van der Waals surface area (Å²) in [6, 6.07) is 4.68. The van der Waals surface area contributed by atoms with Gasteiger partial charge in [0.25, 0.3) is 5.91 Å². The first-order chi connectivity index (χ1) is 11.4. The maximum atomic E-state index is 11.5. The van der Waals surface area contributed by atoms with Gasteiger partial charge >= 0.3 is 12.0 Å². The van der Waals surface area contributed by atoms with Gasteiger partial charge in [0, 0.05) is 18.0 Å². The van der Waals surface area contributed by atoms with Gasteiger partial charge in [-0.15, -0.1) is 0 Å². The smallest absolute Gasteiger partial charge is 0.321 e. The number of urea groups is 1. The molecular formula is C16H21ClN2O5. The molecule has 0 bridgehead atoms. The Hall–Kier alpha value is -2.28. The van der Waals surface area contributed by atoms with Crippen molar-refractivity contribution in [1.29, 1.82) is 0 Å². The van der Waals surface area contributed by atoms with Gasteiger partial charge in [-0.3, -0.25) is 14.9 Å². The average molecular weight is 357 g/mol. The number of rotatable bonds is 8. The van der Waals surface area contributed by atoms with Crippen LogP contribution in [0.3, 0.4) is 0 Å². The highest BCUT2D eigenvalue weighted by atomic mass is 35.5. The minimum absolute atomic E-state index is 0.112. The largest absolute Gasteiger partial charge is 0.494 e. The summed E-state index contributed by atoms with van der Waals surface area (Å²) in [7, 11) is 0. The highest BCUT2D eigenvalue weighted by Crippen LogP contribution is 2.21. The molecule has 24 heavy (non-hydrogen) atoms. The highest BCUT2D eigenvalue weighted by molar-refractivity contribution is 6.31. The quantitative estimate of drug-likeness (QED) is 0.550. The normalized spacial score (nSPS) is 9.96. The molecule has 0 radical (unpaired) electrons. The predicted molar refractivity (Wildman–Crippen MR) is 89.1 cm³/mol. The van der Waals surface area contributed by atoms with Crippen molar-refractivity contribution in [1.82, 2.24) is 10.6 Å². The summed E-state index contributed by atoms with van der Waals surface area (Å²) >= 11 is 5.92. The highest BCUT2D eigenvalue weighted by Gasteiger charge is 2.10. The molecule has 0 saturated carbocycles. The van der Waals surface area contributed by atoms with E-state index in [-0.39, 0.29) is 6.42 Å². The fourth-order valence-electron chi connectivity index (χ4n) is 1.70. The third-order valence-electron chi connectivity index (χ3n) is 2.88. The van der Waals surface area contributed by atoms with E-state index in [0.717, 1.165) is 5.56 Å². The number of amides is 3. The van der Waals surface area contributed by atoms with E-state index < -0.39 is 24.5 Å². The van der Waals surface area contributed by atoms with Crippen LogP contribution in [0.25, 0.3) is 0 Å². The molecule has 0 atom stereocenters. The number of aryl methyl sites for hydroxylation is 1. The van der Waals surface area contributed by atoms with Crippen LogP contribution in [-0.2, 0) is 14.3 Å². The molecule has 0 spiro atoms. The van der Waals surface area contributed by atoms with Crippen molar-refractivity contribution in [3.05, 3.63) is 28.8 Å². The van der Waals surface area contributed by atoms with E-state index in [0.29, 0.717) is 30.3 Å². The minimum Gasteiger partial charge on any atom is -0.494 e. The Balaban J connectivity index is 2.16. The van der Waals surface area contributed by atoms with Gasteiger partial charge in [-0.2, -0.15) is 0 Å². The fourth-order valence-corrected chi connectivity index (χ4v) is 1.82. The Morgan fingerprint density at radius 3 is 2.67 bits per heavy atom. The summed E-state index contributed by atoms with van der Waals surface area (Å²) in [6.45, 7) is 3.83. The van der Waals surface area contributed by atoms with Crippen LogP contribution in [0.1, 0.15) is 25.3 Å². The van der Waals surface area contributed by atoms with E-state index in [1.807, 2.05) is 18.3 Å². The van der Waals surface area contributed by atoms with E-state index in [4.69, 9.17) is 21.1 Å². The molecular weight excluding hydrogens is 336 g/mol. The molecule has 0 unspecified atom stereocenters. The molecule has 0 aliphatic carbocycles. The van der Waals surface area contributed by atoms with E-state index in [1.54, 1.807) is 19.1 Å². The zero-order chi connectivity index (χ0) is 17.9. The number of hydrogen-bond acceptors (Lipinski definition) is 5. The number of ether oxygens (including phenoxy) is 2. The first-order valence-electron chi connectivity index (χ1n) is 7.54. The van der Waals surface area contributed by atoms with Gasteiger partial charge in [0.2, 0.25) is 0 Å². The van der Waals surface area contributed by atoms with E-state index >= 15 is 0 Å². The third kappa shape index (κ3) is 7.82. The summed E-state index contributed by atoms with van der Waals surface area (Å²) in [5.41, 5.74) is 0.909. The van der Waals surface area contributed by atoms with Gasteiger partial charge in [0.15, 0.2) is 6.61 Å². The number of benzene rings is 1. The summed E-state index contributed by atoms with van der Waals surface area (Å²) in [5, 5.41) is 5.09. The molecule has 0 saturated heterocycles. The van der Waals surface area contributed by atoms with Gasteiger partial charge in [-0.25, -0.2) is 4.79 Å². The topological polar surface area (TPSA) is 93.7 Å².